The molecule has 0 unspecified atom stereocenters. The van der Waals surface area contributed by atoms with E-state index in [4.69, 9.17) is 19.2 Å². The molecule has 1 aromatic heterocycles. The van der Waals surface area contributed by atoms with Crippen LogP contribution in [0.2, 0.25) is 0 Å². The average molecular weight is 442 g/mol. The van der Waals surface area contributed by atoms with E-state index in [-0.39, 0.29) is 12.5 Å². The van der Waals surface area contributed by atoms with E-state index in [1.54, 1.807) is 18.1 Å². The largest absolute Gasteiger partial charge is 0.493 e. The molecule has 0 N–H and O–H groups in total. The second-order valence-corrected chi connectivity index (χ2v) is 8.42. The van der Waals surface area contributed by atoms with E-state index in [1.807, 2.05) is 30.3 Å². The number of aromatic nitrogens is 1. The van der Waals surface area contributed by atoms with Gasteiger partial charge in [-0.2, -0.15) is 0 Å². The molecule has 4 rings (SSSR count). The van der Waals surface area contributed by atoms with Gasteiger partial charge in [0.2, 0.25) is 0 Å². The van der Waals surface area contributed by atoms with Gasteiger partial charge in [-0.15, -0.1) is 0 Å². The number of carbonyl (C=O) groups excluding carboxylic acids is 1. The van der Waals surface area contributed by atoms with Gasteiger partial charge in [0, 0.05) is 26.2 Å². The quantitative estimate of drug-likeness (QED) is 0.534. The summed E-state index contributed by atoms with van der Waals surface area (Å²) in [6.07, 6.45) is 0. The van der Waals surface area contributed by atoms with Crippen LogP contribution in [-0.4, -0.2) is 68.9 Å². The second kappa shape index (κ2) is 10.1. The molecule has 0 atom stereocenters. The average Bonchev–Trinajstić information content (AvgIpc) is 3.21. The number of hydrogen-bond donors (Lipinski definition) is 0. The second-order valence-electron chi connectivity index (χ2n) is 7.41. The van der Waals surface area contributed by atoms with Gasteiger partial charge in [0.05, 0.1) is 30.5 Å². The summed E-state index contributed by atoms with van der Waals surface area (Å²) < 4.78 is 17.6. The Labute approximate surface area is 186 Å². The van der Waals surface area contributed by atoms with Crippen molar-refractivity contribution in [2.24, 2.45) is 0 Å². The Bertz CT molecular complexity index is 1030. The van der Waals surface area contributed by atoms with E-state index in [2.05, 4.69) is 17.9 Å². The number of benzene rings is 2. The molecule has 8 heteroatoms. The van der Waals surface area contributed by atoms with Crippen LogP contribution in [0, 0.1) is 6.92 Å². The molecule has 0 aliphatic carbocycles. The molecule has 0 radical (unpaired) electrons. The molecule has 1 aliphatic heterocycles. The number of anilines is 1. The number of thiazole rings is 1. The number of aryl methyl sites for hydroxylation is 1. The van der Waals surface area contributed by atoms with Crippen LogP contribution in [0.4, 0.5) is 5.13 Å². The van der Waals surface area contributed by atoms with Crippen molar-refractivity contribution in [3.8, 4) is 11.5 Å². The summed E-state index contributed by atoms with van der Waals surface area (Å²) in [6, 6.07) is 13.5. The monoisotopic (exact) mass is 441 g/mol. The Hall–Kier alpha value is -2.68. The van der Waals surface area contributed by atoms with E-state index in [0.29, 0.717) is 23.2 Å². The van der Waals surface area contributed by atoms with Gasteiger partial charge in [0.15, 0.2) is 23.2 Å². The fourth-order valence-corrected chi connectivity index (χ4v) is 4.59. The van der Waals surface area contributed by atoms with Crippen LogP contribution in [0.5, 0.6) is 11.5 Å². The number of ether oxygens (including phenoxy) is 3. The first-order valence-electron chi connectivity index (χ1n) is 10.4. The lowest BCUT2D eigenvalue weighted by Crippen LogP contribution is -2.44. The molecule has 1 aliphatic rings. The number of fused-ring (bicyclic) bond motifs is 1. The molecule has 0 bridgehead atoms. The van der Waals surface area contributed by atoms with Crippen molar-refractivity contribution in [2.45, 2.75) is 6.92 Å². The van der Waals surface area contributed by atoms with E-state index < -0.39 is 0 Å². The number of rotatable bonds is 8. The minimum absolute atomic E-state index is 0.0849. The van der Waals surface area contributed by atoms with Gasteiger partial charge < -0.3 is 14.2 Å². The molecule has 0 saturated carbocycles. The predicted octanol–water partition coefficient (Wildman–Crippen LogP) is 3.36. The maximum Gasteiger partial charge on any atom is 0.266 e. The van der Waals surface area contributed by atoms with Crippen LogP contribution in [-0.2, 0) is 9.53 Å². The maximum absolute atomic E-state index is 13.2. The van der Waals surface area contributed by atoms with Gasteiger partial charge in [-0.1, -0.05) is 29.5 Å². The van der Waals surface area contributed by atoms with Crippen molar-refractivity contribution in [1.82, 2.24) is 9.88 Å². The molecule has 164 valence electrons. The summed E-state index contributed by atoms with van der Waals surface area (Å²) >= 11 is 1.53. The summed E-state index contributed by atoms with van der Waals surface area (Å²) in [6.45, 7) is 6.49. The lowest BCUT2D eigenvalue weighted by molar-refractivity contribution is -0.120. The van der Waals surface area contributed by atoms with Gasteiger partial charge in [-0.3, -0.25) is 14.6 Å². The highest BCUT2D eigenvalue weighted by molar-refractivity contribution is 7.22. The zero-order valence-electron chi connectivity index (χ0n) is 17.9. The first kappa shape index (κ1) is 21.5. The van der Waals surface area contributed by atoms with Crippen molar-refractivity contribution in [2.75, 3.05) is 58.0 Å². The van der Waals surface area contributed by atoms with E-state index in [0.717, 1.165) is 43.1 Å². The van der Waals surface area contributed by atoms with Crippen LogP contribution in [0.3, 0.4) is 0 Å². The summed E-state index contributed by atoms with van der Waals surface area (Å²) in [5, 5.41) is 0.697. The smallest absolute Gasteiger partial charge is 0.266 e. The van der Waals surface area contributed by atoms with Crippen molar-refractivity contribution in [1.29, 1.82) is 0 Å². The first-order valence-corrected chi connectivity index (χ1v) is 11.2. The normalized spacial score (nSPS) is 14.5. The third kappa shape index (κ3) is 5.33. The minimum Gasteiger partial charge on any atom is -0.493 e. The van der Waals surface area contributed by atoms with Gasteiger partial charge in [0.1, 0.15) is 0 Å². The fraction of sp³-hybridized carbons (Fsp3) is 0.391. The van der Waals surface area contributed by atoms with Crippen molar-refractivity contribution >= 4 is 32.6 Å². The molecule has 2 aromatic carbocycles. The Kier molecular flexibility index (Phi) is 7.01. The van der Waals surface area contributed by atoms with Gasteiger partial charge in [-0.25, -0.2) is 4.98 Å². The third-order valence-corrected chi connectivity index (χ3v) is 6.27. The molecule has 1 fully saturated rings. The van der Waals surface area contributed by atoms with Crippen molar-refractivity contribution in [3.05, 3.63) is 48.0 Å². The number of amides is 1. The lowest BCUT2D eigenvalue weighted by atomic mass is 10.2. The maximum atomic E-state index is 13.2. The number of carbonyl (C=O) groups is 1. The van der Waals surface area contributed by atoms with E-state index >= 15 is 0 Å². The predicted molar refractivity (Wildman–Crippen MR) is 122 cm³/mol. The number of para-hydroxylation sites is 2. The number of hydrogen-bond acceptors (Lipinski definition) is 7. The van der Waals surface area contributed by atoms with Gasteiger partial charge in [-0.05, 0) is 36.8 Å². The standard InChI is InChI=1S/C23H27N3O4S/c1-17-7-8-18-21(15-17)31-23(24-18)26(10-9-25-11-13-29-14-12-25)22(27)16-30-20-6-4-3-5-19(20)28-2/h3-8,15H,9-14,16H2,1-2H3. The molecule has 0 spiro atoms. The first-order chi connectivity index (χ1) is 15.1. The lowest BCUT2D eigenvalue weighted by Gasteiger charge is -2.29. The summed E-state index contributed by atoms with van der Waals surface area (Å²) in [4.78, 5) is 22.0. The van der Waals surface area contributed by atoms with Gasteiger partial charge in [0.25, 0.3) is 5.91 Å². The third-order valence-electron chi connectivity index (χ3n) is 5.23. The van der Waals surface area contributed by atoms with Crippen LogP contribution in [0.15, 0.2) is 42.5 Å². The molecule has 31 heavy (non-hydrogen) atoms. The molecular formula is C23H27N3O4S. The Morgan fingerprint density at radius 2 is 1.97 bits per heavy atom. The molecular weight excluding hydrogens is 414 g/mol. The summed E-state index contributed by atoms with van der Waals surface area (Å²) in [5.74, 6) is 1.02. The zero-order chi connectivity index (χ0) is 21.6. The highest BCUT2D eigenvalue weighted by Gasteiger charge is 2.22. The van der Waals surface area contributed by atoms with E-state index in [9.17, 15) is 4.79 Å². The number of methoxy groups -OCH3 is 1. The SMILES string of the molecule is COc1ccccc1OCC(=O)N(CCN1CCOCC1)c1nc2ccc(C)cc2s1. The van der Waals surface area contributed by atoms with Crippen LogP contribution >= 0.6 is 11.3 Å². The fourth-order valence-electron chi connectivity index (χ4n) is 3.48. The summed E-state index contributed by atoms with van der Waals surface area (Å²) in [5.41, 5.74) is 2.08. The Balaban J connectivity index is 1.52. The molecule has 7 nitrogen and oxygen atoms in total. The summed E-state index contributed by atoms with van der Waals surface area (Å²) in [7, 11) is 1.59. The highest BCUT2D eigenvalue weighted by Crippen LogP contribution is 2.30. The van der Waals surface area contributed by atoms with Crippen molar-refractivity contribution in [3.63, 3.8) is 0 Å². The Morgan fingerprint density at radius 3 is 2.74 bits per heavy atom. The zero-order valence-corrected chi connectivity index (χ0v) is 18.7. The van der Waals surface area contributed by atoms with Crippen LogP contribution in [0.25, 0.3) is 10.2 Å². The van der Waals surface area contributed by atoms with Gasteiger partial charge >= 0.3 is 0 Å². The topological polar surface area (TPSA) is 64.1 Å². The number of nitrogens with zero attached hydrogens (tertiary/aromatic N) is 3. The molecule has 3 aromatic rings. The number of morpholine rings is 1. The molecule has 2 heterocycles. The molecule has 1 saturated heterocycles. The van der Waals surface area contributed by atoms with Crippen LogP contribution < -0.4 is 14.4 Å². The molecule has 1 amide bonds. The van der Waals surface area contributed by atoms with E-state index in [1.165, 1.54) is 16.9 Å². The van der Waals surface area contributed by atoms with Crippen LogP contribution in [0.1, 0.15) is 5.56 Å². The minimum atomic E-state index is -0.130. The highest BCUT2D eigenvalue weighted by atomic mass is 32.1. The Morgan fingerprint density at radius 1 is 1.19 bits per heavy atom. The van der Waals surface area contributed by atoms with Crippen molar-refractivity contribution < 1.29 is 19.0 Å².